The molecule has 0 radical (unpaired) electrons. The minimum absolute atomic E-state index is 0. The van der Waals surface area contributed by atoms with Crippen LogP contribution in [-0.2, 0) is 29.8 Å². The molecule has 15 nitrogen and oxygen atoms in total. The second-order valence-electron chi connectivity index (χ2n) is 9.14. The molecule has 1 unspecified atom stereocenters. The Morgan fingerprint density at radius 2 is 1.35 bits per heavy atom. The molecule has 4 aromatic rings. The van der Waals surface area contributed by atoms with Crippen molar-refractivity contribution in [3.8, 4) is 11.5 Å². The molecule has 0 saturated heterocycles. The summed E-state index contributed by atoms with van der Waals surface area (Å²) in [6.07, 6.45) is 1.75. The van der Waals surface area contributed by atoms with Crippen molar-refractivity contribution < 1.29 is 105 Å². The van der Waals surface area contributed by atoms with Crippen LogP contribution >= 0.6 is 31.9 Å². The van der Waals surface area contributed by atoms with Crippen molar-refractivity contribution in [2.45, 2.75) is 15.8 Å². The fraction of sp³-hybridized carbons (Fsp3) is 0.0370. The zero-order chi connectivity index (χ0) is 33.8. The number of halogens is 2. The summed E-state index contributed by atoms with van der Waals surface area (Å²) in [4.78, 5) is 24.4. The van der Waals surface area contributed by atoms with E-state index in [4.69, 9.17) is 0 Å². The van der Waals surface area contributed by atoms with Crippen LogP contribution in [0.3, 0.4) is 0 Å². The molecule has 1 atom stereocenters. The standard InChI is InChI=1S/C27H21Br2N5O10S2.2Na/c28-19-10-16(24(35)22(29)25(19)36)13-31-34-27(38)23(32-20-7-3-5-14-4-1-2-6-18(14)20)26(37)33-30-12-15-8-9-17(45(39,40)41)11-21(15)46(42,43)44;;/h1-13,23,32,35-36H,(H,33,37)(H,34,38)(H,39,40,41)(H,42,43,44);;/q;2*+1/p-2/b30-12+,31-13+;;. The van der Waals surface area contributed by atoms with Gasteiger partial charge in [-0.3, -0.25) is 9.59 Å². The molecule has 240 valence electrons. The predicted octanol–water partition coefficient (Wildman–Crippen LogP) is -3.33. The van der Waals surface area contributed by atoms with Gasteiger partial charge in [0.1, 0.15) is 36.2 Å². The summed E-state index contributed by atoms with van der Waals surface area (Å²) in [5.74, 6) is -2.76. The van der Waals surface area contributed by atoms with Crippen LogP contribution in [-0.4, -0.2) is 66.4 Å². The van der Waals surface area contributed by atoms with Crippen molar-refractivity contribution in [1.29, 1.82) is 0 Å². The fourth-order valence-electron chi connectivity index (χ4n) is 3.93. The molecule has 0 heterocycles. The summed E-state index contributed by atoms with van der Waals surface area (Å²) >= 11 is 6.13. The molecular weight excluding hydrogens is 824 g/mol. The Morgan fingerprint density at radius 3 is 1.96 bits per heavy atom. The van der Waals surface area contributed by atoms with Crippen molar-refractivity contribution in [3.05, 3.63) is 86.8 Å². The molecule has 0 aromatic heterocycles. The third-order valence-corrected chi connectivity index (χ3v) is 9.19. The number of rotatable bonds is 10. The SMILES string of the molecule is O=C(N/N=C/c1ccc(S(=O)(=O)[O-])cc1S(=O)(=O)[O-])C(Nc1cccc2ccccc12)C(=O)N/N=C/c1cc(Br)c(O)c(Br)c1O.[Na+].[Na+]. The summed E-state index contributed by atoms with van der Waals surface area (Å²) in [5, 5.41) is 31.7. The summed E-state index contributed by atoms with van der Waals surface area (Å²) in [7, 11) is -10.4. The third kappa shape index (κ3) is 10.3. The van der Waals surface area contributed by atoms with Gasteiger partial charge in [0.15, 0.2) is 6.04 Å². The Bertz CT molecular complexity index is 2150. The van der Waals surface area contributed by atoms with Crippen molar-refractivity contribution in [2.24, 2.45) is 10.2 Å². The molecule has 4 aromatic carbocycles. The van der Waals surface area contributed by atoms with Gasteiger partial charge in [-0.15, -0.1) is 0 Å². The van der Waals surface area contributed by atoms with Crippen LogP contribution in [0, 0.1) is 0 Å². The van der Waals surface area contributed by atoms with Crippen LogP contribution in [0.2, 0.25) is 0 Å². The number of phenolic OH excluding ortho intramolecular Hbond substituents is 2. The number of hydrazone groups is 2. The first kappa shape index (κ1) is 41.8. The smallest absolute Gasteiger partial charge is 0.744 e. The number of nitrogens with one attached hydrogen (secondary N) is 3. The predicted molar refractivity (Wildman–Crippen MR) is 170 cm³/mol. The summed E-state index contributed by atoms with van der Waals surface area (Å²) in [6, 6.07) is 13.7. The summed E-state index contributed by atoms with van der Waals surface area (Å²) < 4.78 is 69.1. The topological polar surface area (TPSA) is 250 Å². The number of hydrogen-bond acceptors (Lipinski definition) is 13. The number of anilines is 1. The van der Waals surface area contributed by atoms with Gasteiger partial charge in [-0.25, -0.2) is 27.7 Å². The Morgan fingerprint density at radius 1 is 0.771 bits per heavy atom. The van der Waals surface area contributed by atoms with Crippen LogP contribution in [0.4, 0.5) is 5.69 Å². The van der Waals surface area contributed by atoms with E-state index >= 15 is 0 Å². The van der Waals surface area contributed by atoms with E-state index in [1.165, 1.54) is 6.07 Å². The van der Waals surface area contributed by atoms with Gasteiger partial charge in [0, 0.05) is 22.2 Å². The molecule has 4 rings (SSSR count). The number of carbonyl (C=O) groups is 2. The third-order valence-electron chi connectivity index (χ3n) is 6.11. The average molecular weight is 843 g/mol. The number of hydrogen-bond donors (Lipinski definition) is 5. The van der Waals surface area contributed by atoms with Crippen molar-refractivity contribution in [2.75, 3.05) is 5.32 Å². The molecule has 0 aliphatic heterocycles. The summed E-state index contributed by atoms with van der Waals surface area (Å²) in [5.41, 5.74) is 4.18. The number of nitrogens with zero attached hydrogens (tertiary/aromatic N) is 2. The van der Waals surface area contributed by atoms with Gasteiger partial charge in [0.2, 0.25) is 0 Å². The van der Waals surface area contributed by atoms with Crippen LogP contribution in [0.5, 0.6) is 11.5 Å². The maximum Gasteiger partial charge on any atom is 1.00 e. The second kappa shape index (κ2) is 17.5. The number of aromatic hydroxyl groups is 2. The molecule has 0 saturated carbocycles. The van der Waals surface area contributed by atoms with Gasteiger partial charge in [0.05, 0.1) is 26.7 Å². The number of benzene rings is 4. The number of carbonyl (C=O) groups excluding carboxylic acids is 2. The molecule has 48 heavy (non-hydrogen) atoms. The van der Waals surface area contributed by atoms with Crippen LogP contribution < -0.4 is 75.3 Å². The first-order chi connectivity index (χ1) is 21.6. The first-order valence-corrected chi connectivity index (χ1v) is 16.8. The van der Waals surface area contributed by atoms with Crippen LogP contribution in [0.15, 0.2) is 95.7 Å². The number of fused-ring (bicyclic) bond motifs is 1. The second-order valence-corrected chi connectivity index (χ2v) is 13.5. The van der Waals surface area contributed by atoms with Gasteiger partial charge in [0.25, 0.3) is 11.8 Å². The molecule has 0 aliphatic rings. The van der Waals surface area contributed by atoms with Crippen molar-refractivity contribution in [1.82, 2.24) is 10.9 Å². The van der Waals surface area contributed by atoms with Gasteiger partial charge in [-0.05, 0) is 61.5 Å². The molecule has 0 aliphatic carbocycles. The van der Waals surface area contributed by atoms with Crippen LogP contribution in [0.25, 0.3) is 10.8 Å². The van der Waals surface area contributed by atoms with E-state index in [1.807, 2.05) is 5.43 Å². The molecule has 0 bridgehead atoms. The summed E-state index contributed by atoms with van der Waals surface area (Å²) in [6.45, 7) is 0. The first-order valence-electron chi connectivity index (χ1n) is 12.4. The van der Waals surface area contributed by atoms with Crippen molar-refractivity contribution >= 4 is 92.8 Å². The van der Waals surface area contributed by atoms with E-state index < -0.39 is 59.2 Å². The van der Waals surface area contributed by atoms with Gasteiger partial charge in [-0.2, -0.15) is 10.2 Å². The van der Waals surface area contributed by atoms with E-state index in [0.717, 1.165) is 23.7 Å². The van der Waals surface area contributed by atoms with E-state index in [9.17, 15) is 45.7 Å². The molecule has 21 heteroatoms. The Kier molecular flexibility index (Phi) is 15.2. The fourth-order valence-corrected chi connectivity index (χ4v) is 6.33. The Balaban J connectivity index is 0.00000400. The normalized spacial score (nSPS) is 12.2. The molecular formula is C27H19Br2N5Na2O10S2. The zero-order valence-electron chi connectivity index (χ0n) is 24.7. The molecule has 0 fully saturated rings. The largest absolute Gasteiger partial charge is 1.00 e. The molecule has 2 amide bonds. The molecule has 0 spiro atoms. The molecule has 5 N–H and O–H groups in total. The van der Waals surface area contributed by atoms with E-state index in [2.05, 4.69) is 52.8 Å². The minimum Gasteiger partial charge on any atom is -0.744 e. The monoisotopic (exact) mass is 841 g/mol. The Hall–Kier alpha value is -2.40. The Labute approximate surface area is 334 Å². The maximum absolute atomic E-state index is 13.2. The average Bonchev–Trinajstić information content (AvgIpc) is 3.00. The quantitative estimate of drug-likeness (QED) is 0.0348. The number of amides is 2. The number of phenols is 2. The van der Waals surface area contributed by atoms with Crippen LogP contribution in [0.1, 0.15) is 11.1 Å². The maximum atomic E-state index is 13.2. The van der Waals surface area contributed by atoms with Gasteiger partial charge < -0.3 is 24.6 Å². The van der Waals surface area contributed by atoms with Crippen molar-refractivity contribution in [3.63, 3.8) is 0 Å². The van der Waals surface area contributed by atoms with Gasteiger partial charge in [-0.1, -0.05) is 42.5 Å². The van der Waals surface area contributed by atoms with E-state index in [0.29, 0.717) is 23.4 Å². The van der Waals surface area contributed by atoms with E-state index in [-0.39, 0.29) is 79.4 Å². The zero-order valence-corrected chi connectivity index (χ0v) is 33.5. The minimum atomic E-state index is -5.29. The van der Waals surface area contributed by atoms with E-state index in [1.54, 1.807) is 42.5 Å². The van der Waals surface area contributed by atoms with Gasteiger partial charge >= 0.3 is 59.1 Å².